The Labute approximate surface area is 162 Å². The van der Waals surface area contributed by atoms with Gasteiger partial charge >= 0.3 is 21.8 Å². The molecule has 1 aromatic heterocycles. The van der Waals surface area contributed by atoms with Crippen LogP contribution in [0.2, 0.25) is 0 Å². The molecule has 7 nitrogen and oxygen atoms in total. The van der Waals surface area contributed by atoms with Crippen LogP contribution in [0.1, 0.15) is 20.8 Å². The maximum atomic E-state index is 13.3. The molecular formula is C15H18F6N2O5S. The number of aromatic nitrogens is 1. The Kier molecular flexibility index (Phi) is 6.19. The second-order valence-electron chi connectivity index (χ2n) is 7.02. The maximum absolute atomic E-state index is 13.3. The third-order valence-electron chi connectivity index (χ3n) is 3.46. The van der Waals surface area contributed by atoms with E-state index in [1.54, 1.807) is 20.8 Å². The Balaban J connectivity index is 2.52. The van der Waals surface area contributed by atoms with Gasteiger partial charge in [-0.3, -0.25) is 0 Å². The summed E-state index contributed by atoms with van der Waals surface area (Å²) in [4.78, 5) is 4.63. The van der Waals surface area contributed by atoms with Crippen molar-refractivity contribution in [2.24, 2.45) is 0 Å². The van der Waals surface area contributed by atoms with E-state index in [2.05, 4.69) is 9.17 Å². The van der Waals surface area contributed by atoms with Crippen molar-refractivity contribution in [3.05, 3.63) is 12.1 Å². The molecule has 1 aliphatic heterocycles. The fourth-order valence-corrected chi connectivity index (χ4v) is 2.80. The quantitative estimate of drug-likeness (QED) is 0.394. The second kappa shape index (κ2) is 7.70. The van der Waals surface area contributed by atoms with Crippen LogP contribution >= 0.6 is 0 Å². The van der Waals surface area contributed by atoms with Gasteiger partial charge in [0.05, 0.1) is 13.2 Å². The molecule has 2 heterocycles. The van der Waals surface area contributed by atoms with Gasteiger partial charge in [0.25, 0.3) is 0 Å². The van der Waals surface area contributed by atoms with E-state index < -0.39 is 57.5 Å². The van der Waals surface area contributed by atoms with Crippen LogP contribution in [-0.2, 0) is 14.9 Å². The van der Waals surface area contributed by atoms with Crippen molar-refractivity contribution in [2.75, 3.05) is 24.7 Å². The molecule has 2 rings (SSSR count). The van der Waals surface area contributed by atoms with Crippen molar-refractivity contribution in [3.8, 4) is 11.6 Å². The van der Waals surface area contributed by atoms with E-state index >= 15 is 0 Å². The molecule has 1 fully saturated rings. The van der Waals surface area contributed by atoms with Crippen LogP contribution < -0.4 is 13.8 Å². The highest BCUT2D eigenvalue weighted by Crippen LogP contribution is 2.35. The molecule has 0 radical (unpaired) electrons. The molecule has 1 saturated heterocycles. The lowest BCUT2D eigenvalue weighted by Crippen LogP contribution is -2.54. The van der Waals surface area contributed by atoms with Gasteiger partial charge in [0, 0.05) is 18.7 Å². The lowest BCUT2D eigenvalue weighted by atomic mass is 10.2. The molecule has 14 heteroatoms. The van der Waals surface area contributed by atoms with Gasteiger partial charge in [0.1, 0.15) is 17.5 Å². The van der Waals surface area contributed by atoms with Gasteiger partial charge in [-0.1, -0.05) is 0 Å². The molecule has 0 amide bonds. The van der Waals surface area contributed by atoms with E-state index in [0.717, 1.165) is 11.0 Å². The zero-order chi connectivity index (χ0) is 22.3. The number of ether oxygens (including phenoxy) is 2. The number of pyridine rings is 1. The molecule has 29 heavy (non-hydrogen) atoms. The normalized spacial score (nSPS) is 19.2. The first kappa shape index (κ1) is 23.3. The standard InChI is InChI=1S/C15H18F6N2O5S/c1-13(2,3)27-12-7-9(28-29(24,25)15(19,20)21)6-11(22-12)23-4-5-26-8-10(23)14(16,17)18/h6-7,10H,4-5,8H2,1-3H3. The summed E-state index contributed by atoms with van der Waals surface area (Å²) in [6.45, 7) is 3.55. The van der Waals surface area contributed by atoms with Gasteiger partial charge in [0.2, 0.25) is 5.88 Å². The summed E-state index contributed by atoms with van der Waals surface area (Å²) in [5, 5.41) is 0. The summed E-state index contributed by atoms with van der Waals surface area (Å²) in [5.41, 5.74) is -6.66. The monoisotopic (exact) mass is 452 g/mol. The molecule has 166 valence electrons. The number of alkyl halides is 6. The topological polar surface area (TPSA) is 78.0 Å². The molecule has 0 aromatic carbocycles. The van der Waals surface area contributed by atoms with Crippen LogP contribution in [0.4, 0.5) is 32.2 Å². The zero-order valence-corrected chi connectivity index (χ0v) is 16.3. The molecule has 0 spiro atoms. The highest BCUT2D eigenvalue weighted by atomic mass is 32.2. The molecule has 0 saturated carbocycles. The maximum Gasteiger partial charge on any atom is 0.534 e. The first-order valence-corrected chi connectivity index (χ1v) is 9.53. The largest absolute Gasteiger partial charge is 0.534 e. The first-order valence-electron chi connectivity index (χ1n) is 8.12. The van der Waals surface area contributed by atoms with Crippen molar-refractivity contribution in [2.45, 2.75) is 44.1 Å². The molecule has 0 N–H and O–H groups in total. The highest BCUT2D eigenvalue weighted by Gasteiger charge is 2.49. The van der Waals surface area contributed by atoms with Crippen LogP contribution in [-0.4, -0.2) is 56.5 Å². The van der Waals surface area contributed by atoms with Crippen molar-refractivity contribution < 1.29 is 48.4 Å². The second-order valence-corrected chi connectivity index (χ2v) is 8.56. The van der Waals surface area contributed by atoms with Gasteiger partial charge in [-0.05, 0) is 20.8 Å². The number of morpholine rings is 1. The number of hydrogen-bond acceptors (Lipinski definition) is 7. The third kappa shape index (κ3) is 6.01. The Morgan fingerprint density at radius 2 is 1.76 bits per heavy atom. The summed E-state index contributed by atoms with van der Waals surface area (Å²) in [6.07, 6.45) is -4.73. The van der Waals surface area contributed by atoms with Crippen LogP contribution in [0, 0.1) is 0 Å². The van der Waals surface area contributed by atoms with Gasteiger partial charge in [0.15, 0.2) is 5.75 Å². The molecule has 0 bridgehead atoms. The zero-order valence-electron chi connectivity index (χ0n) is 15.5. The SMILES string of the molecule is CC(C)(C)Oc1cc(OS(=O)(=O)C(F)(F)F)cc(N2CCOCC2C(F)(F)F)n1. The van der Waals surface area contributed by atoms with Crippen LogP contribution in [0.5, 0.6) is 11.6 Å². The number of hydrogen-bond donors (Lipinski definition) is 0. The van der Waals surface area contributed by atoms with E-state index in [1.165, 1.54) is 0 Å². The summed E-state index contributed by atoms with van der Waals surface area (Å²) in [5.74, 6) is -1.77. The Bertz CT molecular complexity index is 835. The Hall–Kier alpha value is -1.96. The predicted molar refractivity (Wildman–Crippen MR) is 88.2 cm³/mol. The minimum atomic E-state index is -6.05. The number of anilines is 1. The summed E-state index contributed by atoms with van der Waals surface area (Å²) in [7, 11) is -6.05. The van der Waals surface area contributed by atoms with Gasteiger partial charge < -0.3 is 18.6 Å². The van der Waals surface area contributed by atoms with Gasteiger partial charge in [-0.25, -0.2) is 0 Å². The van der Waals surface area contributed by atoms with Crippen molar-refractivity contribution in [3.63, 3.8) is 0 Å². The summed E-state index contributed by atoms with van der Waals surface area (Å²) >= 11 is 0. The van der Waals surface area contributed by atoms with Crippen LogP contribution in [0.25, 0.3) is 0 Å². The van der Waals surface area contributed by atoms with E-state index in [0.29, 0.717) is 6.07 Å². The van der Waals surface area contributed by atoms with Crippen molar-refractivity contribution >= 4 is 15.9 Å². The lowest BCUT2D eigenvalue weighted by molar-refractivity contribution is -0.167. The fourth-order valence-electron chi connectivity index (χ4n) is 2.35. The lowest BCUT2D eigenvalue weighted by Gasteiger charge is -2.37. The Morgan fingerprint density at radius 1 is 1.14 bits per heavy atom. The molecule has 1 unspecified atom stereocenters. The molecule has 0 aliphatic carbocycles. The van der Waals surface area contributed by atoms with E-state index in [1.807, 2.05) is 0 Å². The minimum Gasteiger partial charge on any atom is -0.472 e. The number of halogens is 6. The van der Waals surface area contributed by atoms with Crippen molar-refractivity contribution in [1.29, 1.82) is 0 Å². The first-order chi connectivity index (χ1) is 13.0. The van der Waals surface area contributed by atoms with E-state index in [-0.39, 0.29) is 13.2 Å². The molecule has 1 aromatic rings. The van der Waals surface area contributed by atoms with Crippen LogP contribution in [0.3, 0.4) is 0 Å². The number of nitrogens with zero attached hydrogens (tertiary/aromatic N) is 2. The van der Waals surface area contributed by atoms with E-state index in [9.17, 15) is 34.8 Å². The number of rotatable bonds is 4. The fraction of sp³-hybridized carbons (Fsp3) is 0.667. The molecule has 1 atom stereocenters. The summed E-state index contributed by atoms with van der Waals surface area (Å²) < 4.78 is 115. The average Bonchev–Trinajstić information content (AvgIpc) is 2.50. The van der Waals surface area contributed by atoms with Gasteiger partial charge in [-0.2, -0.15) is 39.7 Å². The van der Waals surface area contributed by atoms with Gasteiger partial charge in [-0.15, -0.1) is 0 Å². The average molecular weight is 452 g/mol. The third-order valence-corrected chi connectivity index (χ3v) is 4.44. The van der Waals surface area contributed by atoms with Crippen LogP contribution in [0.15, 0.2) is 12.1 Å². The predicted octanol–water partition coefficient (Wildman–Crippen LogP) is 3.25. The minimum absolute atomic E-state index is 0.102. The Morgan fingerprint density at radius 3 is 2.28 bits per heavy atom. The van der Waals surface area contributed by atoms with E-state index in [4.69, 9.17) is 9.47 Å². The van der Waals surface area contributed by atoms with Crippen molar-refractivity contribution in [1.82, 2.24) is 4.98 Å². The molecular weight excluding hydrogens is 434 g/mol. The smallest absolute Gasteiger partial charge is 0.472 e. The highest BCUT2D eigenvalue weighted by molar-refractivity contribution is 7.88. The molecule has 1 aliphatic rings. The summed E-state index contributed by atoms with van der Waals surface area (Å²) in [6, 6.07) is -0.718.